The quantitative estimate of drug-likeness (QED) is 0.884. The Bertz CT molecular complexity index is 421. The van der Waals surface area contributed by atoms with Gasteiger partial charge in [0.25, 0.3) is 0 Å². The van der Waals surface area contributed by atoms with E-state index in [1.165, 1.54) is 0 Å². The molecular weight excluding hydrogens is 242 g/mol. The van der Waals surface area contributed by atoms with Gasteiger partial charge in [-0.15, -0.1) is 0 Å². The smallest absolute Gasteiger partial charge is 0.306 e. The summed E-state index contributed by atoms with van der Waals surface area (Å²) in [6.07, 6.45) is 1.87. The normalized spacial score (nSPS) is 24.3. The molecule has 1 aromatic rings. The number of carboxylic acids is 1. The number of carboxylic acid groups (broad SMARTS) is 1. The number of benzene rings is 1. The second-order valence-corrected chi connectivity index (χ2v) is 5.37. The van der Waals surface area contributed by atoms with Gasteiger partial charge in [-0.05, 0) is 32.0 Å². The van der Waals surface area contributed by atoms with Crippen LogP contribution in [0.15, 0.2) is 30.3 Å². The highest BCUT2D eigenvalue weighted by atomic mass is 16.5. The van der Waals surface area contributed by atoms with Crippen LogP contribution in [0.2, 0.25) is 0 Å². The molecule has 0 aromatic heterocycles. The van der Waals surface area contributed by atoms with E-state index in [-0.39, 0.29) is 6.42 Å². The van der Waals surface area contributed by atoms with E-state index < -0.39 is 11.6 Å². The first-order valence-electron chi connectivity index (χ1n) is 6.68. The minimum absolute atomic E-state index is 0.0736. The van der Waals surface area contributed by atoms with Crippen molar-refractivity contribution in [2.45, 2.75) is 31.5 Å². The molecular formula is C15H21NO3. The van der Waals surface area contributed by atoms with Gasteiger partial charge in [0.1, 0.15) is 0 Å². The molecule has 0 amide bonds. The summed E-state index contributed by atoms with van der Waals surface area (Å²) in [5, 5.41) is 9.12. The number of nitrogens with zero attached hydrogens (tertiary/aromatic N) is 1. The average Bonchev–Trinajstić information content (AvgIpc) is 2.37. The van der Waals surface area contributed by atoms with Crippen LogP contribution in [-0.4, -0.2) is 41.7 Å². The van der Waals surface area contributed by atoms with Gasteiger partial charge >= 0.3 is 5.97 Å². The molecule has 0 radical (unpaired) electrons. The van der Waals surface area contributed by atoms with Crippen LogP contribution in [0.25, 0.3) is 0 Å². The standard InChI is InChI=1S/C15H21NO3/c1-16-9-5-8-15(12-16,10-14(17)18)19-11-13-6-3-2-4-7-13/h2-4,6-7H,5,8-12H2,1H3,(H,17,18). The monoisotopic (exact) mass is 263 g/mol. The highest BCUT2D eigenvalue weighted by Gasteiger charge is 2.37. The van der Waals surface area contributed by atoms with Gasteiger partial charge in [-0.3, -0.25) is 4.79 Å². The van der Waals surface area contributed by atoms with E-state index in [1.807, 2.05) is 37.4 Å². The maximum atomic E-state index is 11.1. The molecule has 2 rings (SSSR count). The Hall–Kier alpha value is -1.39. The van der Waals surface area contributed by atoms with Gasteiger partial charge in [-0.2, -0.15) is 0 Å². The van der Waals surface area contributed by atoms with Crippen LogP contribution in [0, 0.1) is 0 Å². The Morgan fingerprint density at radius 1 is 1.42 bits per heavy atom. The molecule has 4 heteroatoms. The molecule has 19 heavy (non-hydrogen) atoms. The fraction of sp³-hybridized carbons (Fsp3) is 0.533. The molecule has 0 bridgehead atoms. The summed E-state index contributed by atoms with van der Waals surface area (Å²) in [7, 11) is 2.02. The molecule has 1 N–H and O–H groups in total. The van der Waals surface area contributed by atoms with Crippen molar-refractivity contribution in [1.82, 2.24) is 4.90 Å². The van der Waals surface area contributed by atoms with Crippen molar-refractivity contribution >= 4 is 5.97 Å². The van der Waals surface area contributed by atoms with Crippen molar-refractivity contribution in [3.8, 4) is 0 Å². The lowest BCUT2D eigenvalue weighted by Crippen LogP contribution is -2.49. The maximum Gasteiger partial charge on any atom is 0.306 e. The molecule has 1 aliphatic rings. The minimum Gasteiger partial charge on any atom is -0.481 e. The zero-order valence-corrected chi connectivity index (χ0v) is 11.3. The fourth-order valence-corrected chi connectivity index (χ4v) is 2.72. The molecule has 0 aliphatic carbocycles. The Kier molecular flexibility index (Phi) is 4.56. The summed E-state index contributed by atoms with van der Waals surface area (Å²) < 4.78 is 6.02. The molecule has 1 aromatic carbocycles. The number of rotatable bonds is 5. The highest BCUT2D eigenvalue weighted by molar-refractivity contribution is 5.68. The number of ether oxygens (including phenoxy) is 1. The van der Waals surface area contributed by atoms with Gasteiger partial charge in [0.05, 0.1) is 18.6 Å². The third-order valence-corrected chi connectivity index (χ3v) is 3.59. The Morgan fingerprint density at radius 2 is 2.16 bits per heavy atom. The van der Waals surface area contributed by atoms with Crippen LogP contribution >= 0.6 is 0 Å². The number of likely N-dealkylation sites (N-methyl/N-ethyl adjacent to an activating group) is 1. The van der Waals surface area contributed by atoms with Gasteiger partial charge in [0.15, 0.2) is 0 Å². The summed E-state index contributed by atoms with van der Waals surface area (Å²) >= 11 is 0. The predicted octanol–water partition coefficient (Wildman–Crippen LogP) is 2.14. The van der Waals surface area contributed by atoms with Crippen LogP contribution in [0.5, 0.6) is 0 Å². The van der Waals surface area contributed by atoms with Crippen LogP contribution in [0.3, 0.4) is 0 Å². The lowest BCUT2D eigenvalue weighted by atomic mass is 9.89. The van der Waals surface area contributed by atoms with Gasteiger partial charge in [0.2, 0.25) is 0 Å². The van der Waals surface area contributed by atoms with Crippen molar-refractivity contribution in [3.05, 3.63) is 35.9 Å². The molecule has 1 atom stereocenters. The zero-order valence-electron chi connectivity index (χ0n) is 11.3. The van der Waals surface area contributed by atoms with E-state index in [1.54, 1.807) is 0 Å². The summed E-state index contributed by atoms with van der Waals surface area (Å²) in [5.74, 6) is -0.789. The number of carbonyl (C=O) groups is 1. The number of piperidine rings is 1. The maximum absolute atomic E-state index is 11.1. The van der Waals surface area contributed by atoms with E-state index >= 15 is 0 Å². The summed E-state index contributed by atoms with van der Waals surface area (Å²) in [6.45, 7) is 2.17. The summed E-state index contributed by atoms with van der Waals surface area (Å²) in [4.78, 5) is 13.2. The van der Waals surface area contributed by atoms with E-state index in [2.05, 4.69) is 4.90 Å². The fourth-order valence-electron chi connectivity index (χ4n) is 2.72. The third-order valence-electron chi connectivity index (χ3n) is 3.59. The Labute approximate surface area is 114 Å². The van der Waals surface area contributed by atoms with Crippen LogP contribution in [-0.2, 0) is 16.1 Å². The number of hydrogen-bond donors (Lipinski definition) is 1. The van der Waals surface area contributed by atoms with E-state index in [4.69, 9.17) is 9.84 Å². The first kappa shape index (κ1) is 14.0. The SMILES string of the molecule is CN1CCCC(CC(=O)O)(OCc2ccccc2)C1. The molecule has 1 heterocycles. The molecule has 1 saturated heterocycles. The van der Waals surface area contributed by atoms with Crippen molar-refractivity contribution in [3.63, 3.8) is 0 Å². The molecule has 1 aliphatic heterocycles. The van der Waals surface area contributed by atoms with Gasteiger partial charge < -0.3 is 14.7 Å². The molecule has 4 nitrogen and oxygen atoms in total. The van der Waals surface area contributed by atoms with Crippen LogP contribution in [0.4, 0.5) is 0 Å². The van der Waals surface area contributed by atoms with Crippen molar-refractivity contribution in [1.29, 1.82) is 0 Å². The summed E-state index contributed by atoms with van der Waals surface area (Å²) in [5.41, 5.74) is 0.537. The van der Waals surface area contributed by atoms with E-state index in [9.17, 15) is 4.79 Å². The number of aliphatic carboxylic acids is 1. The molecule has 104 valence electrons. The van der Waals surface area contributed by atoms with Gasteiger partial charge in [-0.25, -0.2) is 0 Å². The largest absolute Gasteiger partial charge is 0.481 e. The number of hydrogen-bond acceptors (Lipinski definition) is 3. The lowest BCUT2D eigenvalue weighted by Gasteiger charge is -2.40. The first-order valence-corrected chi connectivity index (χ1v) is 6.68. The zero-order chi connectivity index (χ0) is 13.7. The van der Waals surface area contributed by atoms with Crippen molar-refractivity contribution in [2.24, 2.45) is 0 Å². The van der Waals surface area contributed by atoms with E-state index in [0.29, 0.717) is 13.2 Å². The van der Waals surface area contributed by atoms with Crippen LogP contribution < -0.4 is 0 Å². The molecule has 0 spiro atoms. The second kappa shape index (κ2) is 6.17. The second-order valence-electron chi connectivity index (χ2n) is 5.37. The predicted molar refractivity (Wildman–Crippen MR) is 72.9 cm³/mol. The van der Waals surface area contributed by atoms with Crippen LogP contribution in [0.1, 0.15) is 24.8 Å². The lowest BCUT2D eigenvalue weighted by molar-refractivity contribution is -0.152. The molecule has 1 fully saturated rings. The number of likely N-dealkylation sites (tertiary alicyclic amines) is 1. The van der Waals surface area contributed by atoms with E-state index in [0.717, 1.165) is 24.9 Å². The Balaban J connectivity index is 2.03. The van der Waals surface area contributed by atoms with Crippen molar-refractivity contribution < 1.29 is 14.6 Å². The third kappa shape index (κ3) is 4.04. The molecule has 1 unspecified atom stereocenters. The van der Waals surface area contributed by atoms with Crippen molar-refractivity contribution in [2.75, 3.05) is 20.1 Å². The average molecular weight is 263 g/mol. The molecule has 0 saturated carbocycles. The van der Waals surface area contributed by atoms with Gasteiger partial charge in [0, 0.05) is 6.54 Å². The summed E-state index contributed by atoms with van der Waals surface area (Å²) in [6, 6.07) is 9.90. The highest BCUT2D eigenvalue weighted by Crippen LogP contribution is 2.29. The first-order chi connectivity index (χ1) is 9.10. The minimum atomic E-state index is -0.789. The van der Waals surface area contributed by atoms with Gasteiger partial charge in [-0.1, -0.05) is 30.3 Å². The topological polar surface area (TPSA) is 49.8 Å². The Morgan fingerprint density at radius 3 is 2.79 bits per heavy atom.